The van der Waals surface area contributed by atoms with Gasteiger partial charge in [-0.2, -0.15) is 0 Å². The molecule has 15 atom stereocenters. The van der Waals surface area contributed by atoms with E-state index in [0.717, 1.165) is 12.0 Å². The van der Waals surface area contributed by atoms with Gasteiger partial charge >= 0.3 is 5.97 Å². The van der Waals surface area contributed by atoms with Gasteiger partial charge in [0, 0.05) is 51.4 Å². The number of hydrogen-bond acceptors (Lipinski definition) is 13. The van der Waals surface area contributed by atoms with Crippen molar-refractivity contribution in [2.24, 2.45) is 35.5 Å². The first-order chi connectivity index (χ1) is 31.6. The lowest BCUT2D eigenvalue weighted by Gasteiger charge is -2.43. The molecule has 2 saturated heterocycles. The Morgan fingerprint density at radius 2 is 1.57 bits per heavy atom. The summed E-state index contributed by atoms with van der Waals surface area (Å²) in [5, 5.41) is 34.0. The van der Waals surface area contributed by atoms with E-state index < -0.39 is 83.9 Å². The van der Waals surface area contributed by atoms with E-state index in [4.69, 9.17) is 23.7 Å². The third-order valence-electron chi connectivity index (χ3n) is 14.6. The number of carbonyl (C=O) groups excluding carboxylic acids is 5. The molecule has 14 nitrogen and oxygen atoms in total. The number of hydrogen-bond donors (Lipinski definition) is 3. The van der Waals surface area contributed by atoms with Crippen LogP contribution in [0.5, 0.6) is 0 Å². The molecule has 14 heteroatoms. The maximum atomic E-state index is 14.4. The highest BCUT2D eigenvalue weighted by atomic mass is 16.6. The Morgan fingerprint density at radius 1 is 0.851 bits per heavy atom. The normalized spacial score (nSPS) is 39.7. The molecule has 0 aromatic heterocycles. The number of amides is 1. The zero-order chi connectivity index (χ0) is 49.7. The molecule has 3 heterocycles. The lowest BCUT2D eigenvalue weighted by atomic mass is 9.78. The first-order valence-corrected chi connectivity index (χ1v) is 24.9. The van der Waals surface area contributed by atoms with Gasteiger partial charge in [-0.15, -0.1) is 0 Å². The van der Waals surface area contributed by atoms with Gasteiger partial charge < -0.3 is 43.9 Å². The molecule has 378 valence electrons. The van der Waals surface area contributed by atoms with Crippen LogP contribution in [0.3, 0.4) is 0 Å². The second-order valence-electron chi connectivity index (χ2n) is 20.5. The minimum atomic E-state index is -2.44. The Labute approximate surface area is 399 Å². The summed E-state index contributed by atoms with van der Waals surface area (Å²) in [5.74, 6) is -7.98. The lowest BCUT2D eigenvalue weighted by molar-refractivity contribution is -0.266. The molecule has 4 rings (SSSR count). The van der Waals surface area contributed by atoms with Gasteiger partial charge in [-0.1, -0.05) is 71.1 Å². The number of cyclic esters (lactones) is 1. The predicted octanol–water partition coefficient (Wildman–Crippen LogP) is 6.96. The van der Waals surface area contributed by atoms with Crippen LogP contribution in [0, 0.1) is 35.5 Å². The molecule has 0 radical (unpaired) electrons. The average molecular weight is 942 g/mol. The number of carbonyl (C=O) groups is 5. The van der Waals surface area contributed by atoms with E-state index in [1.807, 2.05) is 71.9 Å². The van der Waals surface area contributed by atoms with Gasteiger partial charge in [-0.05, 0) is 121 Å². The van der Waals surface area contributed by atoms with Crippen molar-refractivity contribution in [3.8, 4) is 0 Å². The first-order valence-electron chi connectivity index (χ1n) is 24.9. The number of fused-ring (bicyclic) bond motifs is 3. The minimum Gasteiger partial charge on any atom is -0.460 e. The number of piperidine rings is 1. The Kier molecular flexibility index (Phi) is 21.8. The van der Waals surface area contributed by atoms with Gasteiger partial charge in [0.05, 0.1) is 30.5 Å². The van der Waals surface area contributed by atoms with Gasteiger partial charge in [0.1, 0.15) is 30.1 Å². The highest BCUT2D eigenvalue weighted by molar-refractivity contribution is 6.39. The summed E-state index contributed by atoms with van der Waals surface area (Å²) >= 11 is 0. The van der Waals surface area contributed by atoms with Crippen molar-refractivity contribution in [1.82, 2.24) is 4.90 Å². The summed E-state index contributed by atoms with van der Waals surface area (Å²) in [6.45, 7) is 16.6. The van der Waals surface area contributed by atoms with Gasteiger partial charge in [0.15, 0.2) is 5.78 Å². The molecule has 4 aliphatic rings. The summed E-state index contributed by atoms with van der Waals surface area (Å²) in [7, 11) is 2.95. The molecule has 1 saturated carbocycles. The van der Waals surface area contributed by atoms with Crippen LogP contribution in [0.1, 0.15) is 139 Å². The minimum absolute atomic E-state index is 0.0150. The van der Waals surface area contributed by atoms with Crippen LogP contribution in [0.4, 0.5) is 0 Å². The van der Waals surface area contributed by atoms with E-state index in [9.17, 15) is 39.3 Å². The van der Waals surface area contributed by atoms with Crippen LogP contribution in [0.15, 0.2) is 47.6 Å². The zero-order valence-corrected chi connectivity index (χ0v) is 42.2. The Balaban J connectivity index is 1.72. The van der Waals surface area contributed by atoms with Crippen molar-refractivity contribution in [1.29, 1.82) is 0 Å². The number of esters is 1. The highest BCUT2D eigenvalue weighted by Gasteiger charge is 2.53. The number of rotatable bonds is 7. The van der Waals surface area contributed by atoms with E-state index >= 15 is 0 Å². The molecule has 2 unspecified atom stereocenters. The largest absolute Gasteiger partial charge is 0.460 e. The van der Waals surface area contributed by atoms with E-state index in [0.29, 0.717) is 63.4 Å². The predicted molar refractivity (Wildman–Crippen MR) is 254 cm³/mol. The molecular weight excluding hydrogens is 859 g/mol. The number of ketones is 3. The smallest absolute Gasteiger partial charge is 0.329 e. The van der Waals surface area contributed by atoms with E-state index in [1.54, 1.807) is 34.0 Å². The van der Waals surface area contributed by atoms with Gasteiger partial charge in [0.25, 0.3) is 11.7 Å². The summed E-state index contributed by atoms with van der Waals surface area (Å²) in [6, 6.07) is -1.14. The second kappa shape index (κ2) is 26.0. The van der Waals surface area contributed by atoms with E-state index in [-0.39, 0.29) is 60.9 Å². The summed E-state index contributed by atoms with van der Waals surface area (Å²) in [5.41, 5.74) is 1.28. The van der Waals surface area contributed by atoms with Crippen molar-refractivity contribution in [3.63, 3.8) is 0 Å². The Morgan fingerprint density at radius 3 is 2.24 bits per heavy atom. The zero-order valence-electron chi connectivity index (χ0n) is 42.2. The Hall–Kier alpha value is -3.37. The fraction of sp³-hybridized carbons (Fsp3) is 0.755. The number of aliphatic hydroxyl groups excluding tert-OH is 2. The third-order valence-corrected chi connectivity index (χ3v) is 14.6. The van der Waals surface area contributed by atoms with Crippen LogP contribution >= 0.6 is 0 Å². The van der Waals surface area contributed by atoms with Crippen molar-refractivity contribution in [2.45, 2.75) is 200 Å². The molecule has 2 bridgehead atoms. The number of ether oxygens (including phenoxy) is 5. The van der Waals surface area contributed by atoms with Gasteiger partial charge in [-0.3, -0.25) is 19.2 Å². The molecule has 3 N–H and O–H groups in total. The SMILES string of the molecule is CO[C@@H]1CC(C[C@@H](C)C2CC(=O)[C@H](C)/C=C(\C)[C@@H](O)[C@@H](OC)C(=O)[C@H](C)C[C@H](C)/C=C/C=C/C=C(\C)[C@H](OC(C)C)C[C@@H]3CC[C@@H](C)[C@@](O)(O3)C(=O)C(=O)N3CCCC[C@H]3C(=O)O2)CC[C@H]1O. The standard InChI is InChI=1S/C53H83NO13/c1-31(2)65-44-29-40-22-20-38(9)53(62,67-40)50(59)51(60)54-24-16-15-19-41(54)52(61)66-45(35(6)27-39-21-23-42(55)46(28-39)63-10)30-43(56)34(5)26-37(8)48(58)49(64-11)47(57)36(7)25-32(3)17-13-12-14-18-33(44)4/h12-14,17-18,26,31-32,34-36,38-42,44-46,48-49,55,58,62H,15-16,19-25,27-30H2,1-11H3/b14-12+,17-13+,33-18+,37-26+/t32-,34-,35-,36-,38-,39?,40+,41+,42-,44-,45?,46-,48-,49+,53-/m1/s1. The van der Waals surface area contributed by atoms with Gasteiger partial charge in [-0.25, -0.2) is 4.79 Å². The molecule has 3 fully saturated rings. The fourth-order valence-electron chi connectivity index (χ4n) is 10.3. The first kappa shape index (κ1) is 56.2. The van der Waals surface area contributed by atoms with Crippen LogP contribution in [0.25, 0.3) is 0 Å². The molecule has 67 heavy (non-hydrogen) atoms. The molecular formula is C53H83NO13. The molecule has 0 spiro atoms. The van der Waals surface area contributed by atoms with Crippen LogP contribution in [0.2, 0.25) is 0 Å². The average Bonchev–Trinajstić information content (AvgIpc) is 3.29. The molecule has 1 aliphatic carbocycles. The summed E-state index contributed by atoms with van der Waals surface area (Å²) < 4.78 is 30.0. The maximum absolute atomic E-state index is 14.4. The van der Waals surface area contributed by atoms with Gasteiger partial charge in [0.2, 0.25) is 5.79 Å². The topological polar surface area (TPSA) is 195 Å². The number of methoxy groups -OCH3 is 2. The Bertz CT molecular complexity index is 1800. The van der Waals surface area contributed by atoms with Crippen molar-refractivity contribution >= 4 is 29.2 Å². The number of allylic oxidation sites excluding steroid dienone is 6. The quantitative estimate of drug-likeness (QED) is 0.135. The monoisotopic (exact) mass is 942 g/mol. The van der Waals surface area contributed by atoms with Crippen LogP contribution in [-0.4, -0.2) is 131 Å². The summed E-state index contributed by atoms with van der Waals surface area (Å²) in [4.78, 5) is 72.1. The number of aliphatic hydroxyl groups is 3. The number of Topliss-reactive ketones (excluding diaryl/α,β-unsaturated/α-hetero) is 3. The third kappa shape index (κ3) is 15.3. The molecule has 3 aliphatic heterocycles. The maximum Gasteiger partial charge on any atom is 0.329 e. The van der Waals surface area contributed by atoms with Crippen LogP contribution < -0.4 is 0 Å². The fourth-order valence-corrected chi connectivity index (χ4v) is 10.3. The van der Waals surface area contributed by atoms with Crippen molar-refractivity contribution < 1.29 is 63.0 Å². The lowest BCUT2D eigenvalue weighted by Crippen LogP contribution is -2.61. The molecule has 1 amide bonds. The highest BCUT2D eigenvalue weighted by Crippen LogP contribution is 2.38. The van der Waals surface area contributed by atoms with Crippen LogP contribution in [-0.2, 0) is 47.7 Å². The van der Waals surface area contributed by atoms with Crippen molar-refractivity contribution in [3.05, 3.63) is 47.6 Å². The van der Waals surface area contributed by atoms with E-state index in [2.05, 4.69) is 0 Å². The van der Waals surface area contributed by atoms with E-state index in [1.165, 1.54) is 12.0 Å². The second-order valence-corrected chi connectivity index (χ2v) is 20.5. The summed E-state index contributed by atoms with van der Waals surface area (Å²) in [6.07, 6.45) is 11.1. The number of nitrogens with zero attached hydrogens (tertiary/aromatic N) is 1. The van der Waals surface area contributed by atoms with Crippen molar-refractivity contribution in [2.75, 3.05) is 20.8 Å². The molecule has 0 aromatic rings. The molecule has 0 aromatic carbocycles.